The van der Waals surface area contributed by atoms with Gasteiger partial charge in [0.2, 0.25) is 0 Å². The van der Waals surface area contributed by atoms with E-state index in [2.05, 4.69) is 42.3 Å². The van der Waals surface area contributed by atoms with Crippen LogP contribution >= 0.6 is 11.6 Å². The van der Waals surface area contributed by atoms with Gasteiger partial charge >= 0.3 is 0 Å². The Hall–Kier alpha value is -1.28. The van der Waals surface area contributed by atoms with Crippen LogP contribution in [0.3, 0.4) is 0 Å². The summed E-state index contributed by atoms with van der Waals surface area (Å²) >= 11 is 6.43. The second-order valence-electron chi connectivity index (χ2n) is 5.32. The maximum atomic E-state index is 8.97. The number of ether oxygens (including phenoxy) is 1. The zero-order valence-corrected chi connectivity index (χ0v) is 13.4. The second-order valence-corrected chi connectivity index (χ2v) is 5.72. The molecule has 1 aromatic carbocycles. The van der Waals surface area contributed by atoms with Crippen LogP contribution in [0.25, 0.3) is 0 Å². The first-order valence-electron chi connectivity index (χ1n) is 7.44. The summed E-state index contributed by atoms with van der Waals surface area (Å²) in [5, 5.41) is 13.2. The highest BCUT2D eigenvalue weighted by molar-refractivity contribution is 6.31. The molecule has 114 valence electrons. The summed E-state index contributed by atoms with van der Waals surface area (Å²) in [6.07, 6.45) is 0.742. The Balaban J connectivity index is 2.09. The highest BCUT2D eigenvalue weighted by Crippen LogP contribution is 2.28. The van der Waals surface area contributed by atoms with E-state index in [0.717, 1.165) is 35.8 Å². The normalized spacial score (nSPS) is 20.1. The van der Waals surface area contributed by atoms with Crippen molar-refractivity contribution in [2.75, 3.05) is 31.1 Å². The SMILES string of the molecule is CCCNC(C)c1ccc(N2CCOC(C#N)C2)cc1Cl. The van der Waals surface area contributed by atoms with Gasteiger partial charge in [-0.25, -0.2) is 0 Å². The van der Waals surface area contributed by atoms with Gasteiger partial charge in [-0.3, -0.25) is 0 Å². The molecule has 2 unspecified atom stereocenters. The zero-order chi connectivity index (χ0) is 15.2. The first-order valence-corrected chi connectivity index (χ1v) is 7.82. The average molecular weight is 308 g/mol. The van der Waals surface area contributed by atoms with Gasteiger partial charge in [0.05, 0.1) is 19.2 Å². The van der Waals surface area contributed by atoms with Crippen LogP contribution in [0.15, 0.2) is 18.2 Å². The molecule has 1 aliphatic rings. The van der Waals surface area contributed by atoms with Gasteiger partial charge in [0.25, 0.3) is 0 Å². The number of hydrogen-bond acceptors (Lipinski definition) is 4. The Morgan fingerprint density at radius 2 is 2.38 bits per heavy atom. The standard InChI is InChI=1S/C16H22ClN3O/c1-3-6-19-12(2)15-5-4-13(9-16(15)17)20-7-8-21-14(10-18)11-20/h4-5,9,12,14,19H,3,6-8,11H2,1-2H3. The van der Waals surface area contributed by atoms with E-state index in [9.17, 15) is 0 Å². The highest BCUT2D eigenvalue weighted by Gasteiger charge is 2.21. The van der Waals surface area contributed by atoms with Crippen LogP contribution in [0.1, 0.15) is 31.9 Å². The molecule has 0 amide bonds. The number of anilines is 1. The molecular formula is C16H22ClN3O. The third-order valence-corrected chi connectivity index (χ3v) is 4.05. The molecule has 1 saturated heterocycles. The molecule has 0 saturated carbocycles. The van der Waals surface area contributed by atoms with Gasteiger partial charge in [0.1, 0.15) is 0 Å². The topological polar surface area (TPSA) is 48.3 Å². The summed E-state index contributed by atoms with van der Waals surface area (Å²) < 4.78 is 5.37. The van der Waals surface area contributed by atoms with Gasteiger partial charge in [0.15, 0.2) is 6.10 Å². The van der Waals surface area contributed by atoms with E-state index in [4.69, 9.17) is 21.6 Å². The van der Waals surface area contributed by atoms with Gasteiger partial charge in [-0.05, 0) is 37.6 Å². The molecule has 21 heavy (non-hydrogen) atoms. The minimum absolute atomic E-state index is 0.239. The Morgan fingerprint density at radius 1 is 1.57 bits per heavy atom. The van der Waals surface area contributed by atoms with Crippen molar-refractivity contribution in [3.05, 3.63) is 28.8 Å². The maximum absolute atomic E-state index is 8.97. The predicted octanol–water partition coefficient (Wildman–Crippen LogP) is 3.13. The van der Waals surface area contributed by atoms with Gasteiger partial charge in [-0.2, -0.15) is 5.26 Å². The number of nitrogens with zero attached hydrogens (tertiary/aromatic N) is 2. The molecule has 1 heterocycles. The average Bonchev–Trinajstić information content (AvgIpc) is 2.52. The van der Waals surface area contributed by atoms with Crippen LogP contribution in [0.4, 0.5) is 5.69 Å². The van der Waals surface area contributed by atoms with Crippen molar-refractivity contribution in [2.45, 2.75) is 32.4 Å². The first-order chi connectivity index (χ1) is 10.2. The van der Waals surface area contributed by atoms with Crippen molar-refractivity contribution in [2.24, 2.45) is 0 Å². The fraction of sp³-hybridized carbons (Fsp3) is 0.562. The number of morpholine rings is 1. The van der Waals surface area contributed by atoms with Crippen LogP contribution in [0, 0.1) is 11.3 Å². The van der Waals surface area contributed by atoms with Crippen molar-refractivity contribution in [1.82, 2.24) is 5.32 Å². The number of nitriles is 1. The molecule has 0 radical (unpaired) electrons. The molecular weight excluding hydrogens is 286 g/mol. The van der Waals surface area contributed by atoms with Gasteiger partial charge in [0, 0.05) is 23.3 Å². The molecule has 2 rings (SSSR count). The van der Waals surface area contributed by atoms with Crippen molar-refractivity contribution in [3.63, 3.8) is 0 Å². The summed E-state index contributed by atoms with van der Waals surface area (Å²) in [6.45, 7) is 7.21. The van der Waals surface area contributed by atoms with E-state index in [0.29, 0.717) is 13.2 Å². The molecule has 0 bridgehead atoms. The first kappa shape index (κ1) is 16.1. The Labute approximate surface area is 131 Å². The van der Waals surface area contributed by atoms with Crippen LogP contribution in [-0.4, -0.2) is 32.3 Å². The van der Waals surface area contributed by atoms with Crippen molar-refractivity contribution in [1.29, 1.82) is 5.26 Å². The molecule has 0 aliphatic carbocycles. The largest absolute Gasteiger partial charge is 0.365 e. The fourth-order valence-electron chi connectivity index (χ4n) is 2.50. The smallest absolute Gasteiger partial charge is 0.161 e. The van der Waals surface area contributed by atoms with Crippen molar-refractivity contribution >= 4 is 17.3 Å². The van der Waals surface area contributed by atoms with Crippen LogP contribution < -0.4 is 10.2 Å². The highest BCUT2D eigenvalue weighted by atomic mass is 35.5. The van der Waals surface area contributed by atoms with Crippen molar-refractivity contribution < 1.29 is 4.74 Å². The lowest BCUT2D eigenvalue weighted by Crippen LogP contribution is -2.41. The number of hydrogen-bond donors (Lipinski definition) is 1. The maximum Gasteiger partial charge on any atom is 0.161 e. The lowest BCUT2D eigenvalue weighted by Gasteiger charge is -2.32. The molecule has 1 N–H and O–H groups in total. The quantitative estimate of drug-likeness (QED) is 0.908. The summed E-state index contributed by atoms with van der Waals surface area (Å²) in [5.41, 5.74) is 2.16. The predicted molar refractivity (Wildman–Crippen MR) is 85.7 cm³/mol. The van der Waals surface area contributed by atoms with E-state index in [1.54, 1.807) is 0 Å². The number of benzene rings is 1. The Kier molecular flexibility index (Phi) is 5.86. The van der Waals surface area contributed by atoms with Gasteiger partial charge < -0.3 is 15.0 Å². The molecule has 0 spiro atoms. The van der Waals surface area contributed by atoms with E-state index >= 15 is 0 Å². The summed E-state index contributed by atoms with van der Waals surface area (Å²) in [7, 11) is 0. The minimum atomic E-state index is -0.359. The molecule has 1 fully saturated rings. The minimum Gasteiger partial charge on any atom is -0.365 e. The van der Waals surface area contributed by atoms with Crippen LogP contribution in [0.5, 0.6) is 0 Å². The zero-order valence-electron chi connectivity index (χ0n) is 12.6. The van der Waals surface area contributed by atoms with E-state index in [1.807, 2.05) is 6.07 Å². The van der Waals surface area contributed by atoms with Crippen molar-refractivity contribution in [3.8, 4) is 6.07 Å². The lowest BCUT2D eigenvalue weighted by molar-refractivity contribution is 0.0764. The van der Waals surface area contributed by atoms with Crippen LogP contribution in [0.2, 0.25) is 5.02 Å². The second kappa shape index (κ2) is 7.65. The molecule has 2 atom stereocenters. The summed E-state index contributed by atoms with van der Waals surface area (Å²) in [4.78, 5) is 2.15. The molecule has 0 aromatic heterocycles. The molecule has 1 aromatic rings. The third kappa shape index (κ3) is 4.10. The van der Waals surface area contributed by atoms with Gasteiger partial charge in [-0.1, -0.05) is 24.6 Å². The summed E-state index contributed by atoms with van der Waals surface area (Å²) in [5.74, 6) is 0. The van der Waals surface area contributed by atoms with Crippen LogP contribution in [-0.2, 0) is 4.74 Å². The van der Waals surface area contributed by atoms with E-state index in [-0.39, 0.29) is 12.1 Å². The fourth-order valence-corrected chi connectivity index (χ4v) is 2.84. The van der Waals surface area contributed by atoms with Gasteiger partial charge in [-0.15, -0.1) is 0 Å². The van der Waals surface area contributed by atoms with E-state index < -0.39 is 0 Å². The number of nitrogens with one attached hydrogen (secondary N) is 1. The molecule has 5 heteroatoms. The Bertz CT molecular complexity index is 515. The third-order valence-electron chi connectivity index (χ3n) is 3.73. The number of halogens is 1. The number of rotatable bonds is 5. The lowest BCUT2D eigenvalue weighted by atomic mass is 10.1. The monoisotopic (exact) mass is 307 g/mol. The molecule has 4 nitrogen and oxygen atoms in total. The summed E-state index contributed by atoms with van der Waals surface area (Å²) in [6, 6.07) is 8.54. The van der Waals surface area contributed by atoms with E-state index in [1.165, 1.54) is 0 Å². The Morgan fingerprint density at radius 3 is 3.05 bits per heavy atom. The molecule has 1 aliphatic heterocycles.